The number of thiocarbonyl (C=S) groups is 1. The predicted octanol–water partition coefficient (Wildman–Crippen LogP) is 4.28. The van der Waals surface area contributed by atoms with Gasteiger partial charge in [0.15, 0.2) is 5.11 Å². The highest BCUT2D eigenvalue weighted by Crippen LogP contribution is 2.24. The standard InChI is InChI=1S/C23H22N2O4S/c1-27-20-13-7-5-11-18(20)22(26)25-23(30)24-19-12-6-8-14-21(19)29-16-15-28-17-9-3-2-4-10-17/h2-14H,15-16H2,1H3,(H2,24,25,26,30). The Morgan fingerprint density at radius 2 is 1.47 bits per heavy atom. The van der Waals surface area contributed by atoms with E-state index in [4.69, 9.17) is 26.4 Å². The molecule has 0 atom stereocenters. The van der Waals surface area contributed by atoms with Gasteiger partial charge in [-0.1, -0.05) is 42.5 Å². The van der Waals surface area contributed by atoms with Crippen molar-refractivity contribution < 1.29 is 19.0 Å². The van der Waals surface area contributed by atoms with Gasteiger partial charge in [-0.05, 0) is 48.6 Å². The van der Waals surface area contributed by atoms with E-state index < -0.39 is 0 Å². The van der Waals surface area contributed by atoms with Crippen LogP contribution in [0.25, 0.3) is 0 Å². The first kappa shape index (κ1) is 21.1. The van der Waals surface area contributed by atoms with E-state index in [0.29, 0.717) is 36.0 Å². The van der Waals surface area contributed by atoms with Crippen LogP contribution in [0.1, 0.15) is 10.4 Å². The molecule has 0 unspecified atom stereocenters. The van der Waals surface area contributed by atoms with Gasteiger partial charge in [0.25, 0.3) is 5.91 Å². The van der Waals surface area contributed by atoms with Crippen LogP contribution in [0.4, 0.5) is 5.69 Å². The zero-order valence-corrected chi connectivity index (χ0v) is 17.3. The van der Waals surface area contributed by atoms with Gasteiger partial charge in [-0.3, -0.25) is 10.1 Å². The number of amides is 1. The van der Waals surface area contributed by atoms with Crippen LogP contribution in [0.15, 0.2) is 78.9 Å². The number of hydrogen-bond donors (Lipinski definition) is 2. The number of hydrogen-bond acceptors (Lipinski definition) is 5. The van der Waals surface area contributed by atoms with Crippen LogP contribution in [0, 0.1) is 0 Å². The van der Waals surface area contributed by atoms with E-state index in [2.05, 4.69) is 10.6 Å². The molecule has 0 aliphatic rings. The van der Waals surface area contributed by atoms with Crippen LogP contribution in [0.3, 0.4) is 0 Å². The Hall–Kier alpha value is -3.58. The molecule has 0 aromatic heterocycles. The lowest BCUT2D eigenvalue weighted by Gasteiger charge is -2.15. The lowest BCUT2D eigenvalue weighted by atomic mass is 10.2. The third kappa shape index (κ3) is 5.96. The van der Waals surface area contributed by atoms with Crippen LogP contribution in [0.5, 0.6) is 17.2 Å². The number of ether oxygens (including phenoxy) is 3. The summed E-state index contributed by atoms with van der Waals surface area (Å²) in [4.78, 5) is 12.5. The number of benzene rings is 3. The molecular formula is C23H22N2O4S. The average Bonchev–Trinajstić information content (AvgIpc) is 2.78. The Labute approximate surface area is 180 Å². The van der Waals surface area contributed by atoms with Gasteiger partial charge in [0.1, 0.15) is 30.5 Å². The minimum Gasteiger partial charge on any atom is -0.496 e. The van der Waals surface area contributed by atoms with Crippen molar-refractivity contribution in [3.05, 3.63) is 84.4 Å². The summed E-state index contributed by atoms with van der Waals surface area (Å²) in [5.41, 5.74) is 1.04. The largest absolute Gasteiger partial charge is 0.496 e. The molecule has 2 N–H and O–H groups in total. The van der Waals surface area contributed by atoms with E-state index in [1.54, 1.807) is 24.3 Å². The van der Waals surface area contributed by atoms with Crippen molar-refractivity contribution in [2.24, 2.45) is 0 Å². The predicted molar refractivity (Wildman–Crippen MR) is 121 cm³/mol. The van der Waals surface area contributed by atoms with E-state index in [1.165, 1.54) is 7.11 Å². The molecule has 6 nitrogen and oxygen atoms in total. The molecule has 0 spiro atoms. The van der Waals surface area contributed by atoms with Crippen molar-refractivity contribution in [3.63, 3.8) is 0 Å². The number of rotatable bonds is 8. The molecule has 0 fully saturated rings. The highest BCUT2D eigenvalue weighted by Gasteiger charge is 2.14. The Morgan fingerprint density at radius 3 is 2.23 bits per heavy atom. The second kappa shape index (κ2) is 10.8. The zero-order chi connectivity index (χ0) is 21.2. The van der Waals surface area contributed by atoms with Gasteiger partial charge in [0.2, 0.25) is 0 Å². The lowest BCUT2D eigenvalue weighted by Crippen LogP contribution is -2.34. The van der Waals surface area contributed by atoms with Crippen molar-refractivity contribution in [3.8, 4) is 17.2 Å². The van der Waals surface area contributed by atoms with Crippen molar-refractivity contribution in [1.82, 2.24) is 5.32 Å². The summed E-state index contributed by atoms with van der Waals surface area (Å²) in [5, 5.41) is 5.81. The molecule has 30 heavy (non-hydrogen) atoms. The molecule has 3 aromatic carbocycles. The Bertz CT molecular complexity index is 995. The van der Waals surface area contributed by atoms with Gasteiger partial charge in [-0.2, -0.15) is 0 Å². The fourth-order valence-electron chi connectivity index (χ4n) is 2.68. The Morgan fingerprint density at radius 1 is 0.833 bits per heavy atom. The van der Waals surface area contributed by atoms with E-state index in [9.17, 15) is 4.79 Å². The fourth-order valence-corrected chi connectivity index (χ4v) is 2.88. The number of nitrogens with one attached hydrogen (secondary N) is 2. The first-order chi connectivity index (χ1) is 14.7. The molecule has 0 saturated heterocycles. The molecule has 0 heterocycles. The van der Waals surface area contributed by atoms with Crippen LogP contribution in [-0.2, 0) is 0 Å². The third-order valence-corrected chi connectivity index (χ3v) is 4.27. The molecule has 0 bridgehead atoms. The van der Waals surface area contributed by atoms with Crippen molar-refractivity contribution in [2.75, 3.05) is 25.6 Å². The molecule has 0 aliphatic carbocycles. The van der Waals surface area contributed by atoms with Gasteiger partial charge < -0.3 is 19.5 Å². The number of para-hydroxylation sites is 4. The van der Waals surface area contributed by atoms with Crippen molar-refractivity contribution in [2.45, 2.75) is 0 Å². The maximum absolute atomic E-state index is 12.5. The molecule has 1 amide bonds. The van der Waals surface area contributed by atoms with Crippen LogP contribution < -0.4 is 24.8 Å². The number of anilines is 1. The molecule has 0 saturated carbocycles. The normalized spacial score (nSPS) is 10.0. The second-order valence-corrected chi connectivity index (χ2v) is 6.52. The SMILES string of the molecule is COc1ccccc1C(=O)NC(=S)Nc1ccccc1OCCOc1ccccc1. The summed E-state index contributed by atoms with van der Waals surface area (Å²) in [6.07, 6.45) is 0. The zero-order valence-electron chi connectivity index (χ0n) is 16.5. The van der Waals surface area contributed by atoms with E-state index >= 15 is 0 Å². The summed E-state index contributed by atoms with van der Waals surface area (Å²) in [7, 11) is 1.51. The molecule has 7 heteroatoms. The molecular weight excluding hydrogens is 400 g/mol. The fraction of sp³-hybridized carbons (Fsp3) is 0.130. The van der Waals surface area contributed by atoms with Crippen molar-refractivity contribution in [1.29, 1.82) is 0 Å². The lowest BCUT2D eigenvalue weighted by molar-refractivity contribution is 0.0974. The van der Waals surface area contributed by atoms with Crippen molar-refractivity contribution >= 4 is 28.9 Å². The monoisotopic (exact) mass is 422 g/mol. The maximum Gasteiger partial charge on any atom is 0.261 e. The minimum absolute atomic E-state index is 0.155. The Balaban J connectivity index is 1.54. The molecule has 0 aliphatic heterocycles. The van der Waals surface area contributed by atoms with Gasteiger partial charge in [-0.15, -0.1) is 0 Å². The summed E-state index contributed by atoms with van der Waals surface area (Å²) in [6, 6.07) is 23.8. The summed E-state index contributed by atoms with van der Waals surface area (Å²) in [6.45, 7) is 0.751. The molecule has 3 rings (SSSR count). The smallest absolute Gasteiger partial charge is 0.261 e. The summed E-state index contributed by atoms with van der Waals surface area (Å²) in [5.74, 6) is 1.50. The molecule has 3 aromatic rings. The average molecular weight is 423 g/mol. The van der Waals surface area contributed by atoms with E-state index in [-0.39, 0.29) is 11.0 Å². The summed E-state index contributed by atoms with van der Waals surface area (Å²) >= 11 is 5.29. The van der Waals surface area contributed by atoms with E-state index in [1.807, 2.05) is 54.6 Å². The van der Waals surface area contributed by atoms with Gasteiger partial charge in [-0.25, -0.2) is 0 Å². The number of methoxy groups -OCH3 is 1. The third-order valence-electron chi connectivity index (χ3n) is 4.07. The van der Waals surface area contributed by atoms with Gasteiger partial charge in [0.05, 0.1) is 18.4 Å². The topological polar surface area (TPSA) is 68.8 Å². The quantitative estimate of drug-likeness (QED) is 0.417. The number of carbonyl (C=O) groups excluding carboxylic acids is 1. The minimum atomic E-state index is -0.361. The van der Waals surface area contributed by atoms with E-state index in [0.717, 1.165) is 5.75 Å². The maximum atomic E-state index is 12.5. The second-order valence-electron chi connectivity index (χ2n) is 6.11. The molecule has 154 valence electrons. The molecule has 0 radical (unpaired) electrons. The van der Waals surface area contributed by atoms with Gasteiger partial charge in [0, 0.05) is 0 Å². The first-order valence-corrected chi connectivity index (χ1v) is 9.73. The van der Waals surface area contributed by atoms with Crippen LogP contribution in [-0.4, -0.2) is 31.3 Å². The first-order valence-electron chi connectivity index (χ1n) is 9.32. The van der Waals surface area contributed by atoms with Crippen LogP contribution in [0.2, 0.25) is 0 Å². The highest BCUT2D eigenvalue weighted by molar-refractivity contribution is 7.80. The van der Waals surface area contributed by atoms with Gasteiger partial charge >= 0.3 is 0 Å². The van der Waals surface area contributed by atoms with Crippen LogP contribution >= 0.6 is 12.2 Å². The number of carbonyl (C=O) groups is 1. The highest BCUT2D eigenvalue weighted by atomic mass is 32.1. The Kier molecular flexibility index (Phi) is 7.63. The summed E-state index contributed by atoms with van der Waals surface area (Å²) < 4.78 is 16.7.